The van der Waals surface area contributed by atoms with E-state index in [1.165, 1.54) is 5.56 Å². The van der Waals surface area contributed by atoms with Gasteiger partial charge in [-0.2, -0.15) is 5.10 Å². The molecule has 0 atom stereocenters. The molecule has 1 aromatic carbocycles. The molecule has 2 aromatic rings. The molecule has 102 valence electrons. The van der Waals surface area contributed by atoms with Crippen molar-refractivity contribution in [3.8, 4) is 0 Å². The van der Waals surface area contributed by atoms with E-state index in [9.17, 15) is 0 Å². The molecule has 2 N–H and O–H groups in total. The van der Waals surface area contributed by atoms with Gasteiger partial charge >= 0.3 is 0 Å². The van der Waals surface area contributed by atoms with Gasteiger partial charge in [0.2, 0.25) is 0 Å². The van der Waals surface area contributed by atoms with Gasteiger partial charge in [-0.05, 0) is 18.4 Å². The van der Waals surface area contributed by atoms with Crippen LogP contribution in [0.1, 0.15) is 18.2 Å². The van der Waals surface area contributed by atoms with Crippen LogP contribution < -0.4 is 10.6 Å². The summed E-state index contributed by atoms with van der Waals surface area (Å²) in [5.74, 6) is 1.01. The summed E-state index contributed by atoms with van der Waals surface area (Å²) in [5.41, 5.74) is 9.28. The number of aryl methyl sites for hydroxylation is 2. The molecular formula is C15H22N4. The summed E-state index contributed by atoms with van der Waals surface area (Å²) in [5, 5.41) is 4.45. The Hall–Kier alpha value is -1.97. The summed E-state index contributed by atoms with van der Waals surface area (Å²) in [6.45, 7) is 3.00. The number of nitrogens with zero attached hydrogens (tertiary/aromatic N) is 3. The van der Waals surface area contributed by atoms with Crippen molar-refractivity contribution in [1.29, 1.82) is 0 Å². The first-order valence-corrected chi connectivity index (χ1v) is 6.70. The largest absolute Gasteiger partial charge is 0.394 e. The highest BCUT2D eigenvalue weighted by atomic mass is 15.4. The average molecular weight is 258 g/mol. The Morgan fingerprint density at radius 2 is 1.95 bits per heavy atom. The van der Waals surface area contributed by atoms with Crippen LogP contribution in [-0.2, 0) is 19.9 Å². The van der Waals surface area contributed by atoms with Crippen molar-refractivity contribution in [2.24, 2.45) is 7.05 Å². The normalized spacial score (nSPS) is 10.7. The maximum Gasteiger partial charge on any atom is 0.150 e. The van der Waals surface area contributed by atoms with Gasteiger partial charge < -0.3 is 10.6 Å². The molecule has 0 radical (unpaired) electrons. The smallest absolute Gasteiger partial charge is 0.150 e. The Kier molecular flexibility index (Phi) is 4.10. The number of anilines is 2. The van der Waals surface area contributed by atoms with Crippen molar-refractivity contribution >= 4 is 11.5 Å². The van der Waals surface area contributed by atoms with Crippen LogP contribution in [0.25, 0.3) is 0 Å². The van der Waals surface area contributed by atoms with Gasteiger partial charge in [-0.15, -0.1) is 0 Å². The molecule has 0 aliphatic rings. The number of aromatic nitrogens is 2. The molecule has 0 spiro atoms. The Bertz CT molecular complexity index is 531. The fraction of sp³-hybridized carbons (Fsp3) is 0.400. The van der Waals surface area contributed by atoms with E-state index in [2.05, 4.69) is 48.2 Å². The lowest BCUT2D eigenvalue weighted by Gasteiger charge is -2.20. The fourth-order valence-corrected chi connectivity index (χ4v) is 2.35. The van der Waals surface area contributed by atoms with E-state index in [1.54, 1.807) is 0 Å². The minimum absolute atomic E-state index is 0.806. The maximum atomic E-state index is 6.16. The molecule has 19 heavy (non-hydrogen) atoms. The molecule has 1 heterocycles. The molecule has 0 fully saturated rings. The lowest BCUT2D eigenvalue weighted by atomic mass is 10.1. The van der Waals surface area contributed by atoms with Crippen LogP contribution in [0, 0.1) is 0 Å². The summed E-state index contributed by atoms with van der Waals surface area (Å²) < 4.78 is 1.87. The molecule has 1 aromatic heterocycles. The predicted molar refractivity (Wildman–Crippen MR) is 80.4 cm³/mol. The van der Waals surface area contributed by atoms with E-state index < -0.39 is 0 Å². The molecule has 0 unspecified atom stereocenters. The Balaban J connectivity index is 2.08. The first-order valence-electron chi connectivity index (χ1n) is 6.70. The predicted octanol–water partition coefficient (Wildman–Crippen LogP) is 2.24. The fourth-order valence-electron chi connectivity index (χ4n) is 2.35. The second kappa shape index (κ2) is 5.78. The molecule has 4 nitrogen and oxygen atoms in total. The first-order chi connectivity index (χ1) is 9.13. The molecule has 0 saturated heterocycles. The van der Waals surface area contributed by atoms with E-state index in [0.29, 0.717) is 0 Å². The zero-order valence-corrected chi connectivity index (χ0v) is 11.9. The molecule has 4 heteroatoms. The third-order valence-electron chi connectivity index (χ3n) is 3.40. The number of nitrogens with two attached hydrogens (primary N) is 1. The topological polar surface area (TPSA) is 47.1 Å². The van der Waals surface area contributed by atoms with E-state index in [4.69, 9.17) is 5.73 Å². The van der Waals surface area contributed by atoms with Crippen LogP contribution >= 0.6 is 0 Å². The quantitative estimate of drug-likeness (QED) is 0.894. The van der Waals surface area contributed by atoms with Gasteiger partial charge in [-0.3, -0.25) is 4.68 Å². The average Bonchev–Trinajstić information content (AvgIpc) is 2.72. The van der Waals surface area contributed by atoms with Crippen molar-refractivity contribution in [2.45, 2.75) is 19.8 Å². The lowest BCUT2D eigenvalue weighted by Crippen LogP contribution is -2.23. The summed E-state index contributed by atoms with van der Waals surface area (Å²) in [6.07, 6.45) is 1.87. The third kappa shape index (κ3) is 2.89. The monoisotopic (exact) mass is 258 g/mol. The zero-order chi connectivity index (χ0) is 13.8. The molecule has 0 aliphatic carbocycles. The molecule has 0 aliphatic heterocycles. The van der Waals surface area contributed by atoms with Crippen LogP contribution in [0.3, 0.4) is 0 Å². The first kappa shape index (κ1) is 13.5. The number of benzene rings is 1. The molecular weight excluding hydrogens is 236 g/mol. The second-order valence-electron chi connectivity index (χ2n) is 4.82. The summed E-state index contributed by atoms with van der Waals surface area (Å²) in [7, 11) is 4.01. The van der Waals surface area contributed by atoms with Gasteiger partial charge in [-0.25, -0.2) is 0 Å². The van der Waals surface area contributed by atoms with Gasteiger partial charge in [0.15, 0.2) is 0 Å². The number of rotatable bonds is 5. The summed E-state index contributed by atoms with van der Waals surface area (Å²) in [6, 6.07) is 10.5. The minimum Gasteiger partial charge on any atom is -0.394 e. The number of likely N-dealkylation sites (N-methyl/N-ethyl adjacent to an activating group) is 1. The van der Waals surface area contributed by atoms with E-state index in [0.717, 1.165) is 36.6 Å². The molecule has 0 saturated carbocycles. The van der Waals surface area contributed by atoms with Crippen molar-refractivity contribution in [2.75, 3.05) is 24.2 Å². The third-order valence-corrected chi connectivity index (χ3v) is 3.40. The highest BCUT2D eigenvalue weighted by Gasteiger charge is 2.15. The Labute approximate surface area is 114 Å². The molecule has 0 bridgehead atoms. The van der Waals surface area contributed by atoms with Gasteiger partial charge in [0.1, 0.15) is 5.82 Å². The van der Waals surface area contributed by atoms with Crippen molar-refractivity contribution < 1.29 is 0 Å². The molecule has 0 amide bonds. The van der Waals surface area contributed by atoms with Crippen molar-refractivity contribution in [1.82, 2.24) is 9.78 Å². The highest BCUT2D eigenvalue weighted by molar-refractivity contribution is 5.66. The van der Waals surface area contributed by atoms with Gasteiger partial charge in [-0.1, -0.05) is 37.3 Å². The van der Waals surface area contributed by atoms with Crippen LogP contribution in [0.15, 0.2) is 30.3 Å². The van der Waals surface area contributed by atoms with Crippen molar-refractivity contribution in [3.05, 3.63) is 41.6 Å². The van der Waals surface area contributed by atoms with Crippen LogP contribution in [-0.4, -0.2) is 23.4 Å². The van der Waals surface area contributed by atoms with Crippen LogP contribution in [0.5, 0.6) is 0 Å². The second-order valence-corrected chi connectivity index (χ2v) is 4.82. The SMILES string of the molecule is CCc1nn(C)c(N(C)CCc2ccccc2)c1N. The van der Waals surface area contributed by atoms with Gasteiger partial charge in [0.05, 0.1) is 11.4 Å². The standard InChI is InChI=1S/C15H22N4/c1-4-13-14(16)15(19(3)17-13)18(2)11-10-12-8-6-5-7-9-12/h5-9H,4,10-11,16H2,1-3H3. The Morgan fingerprint density at radius 3 is 2.53 bits per heavy atom. The number of nitrogen functional groups attached to an aromatic ring is 1. The number of hydrogen-bond donors (Lipinski definition) is 1. The summed E-state index contributed by atoms with van der Waals surface area (Å²) >= 11 is 0. The lowest BCUT2D eigenvalue weighted by molar-refractivity contribution is 0.718. The van der Waals surface area contributed by atoms with Gasteiger partial charge in [0, 0.05) is 20.6 Å². The number of hydrogen-bond acceptors (Lipinski definition) is 3. The highest BCUT2D eigenvalue weighted by Crippen LogP contribution is 2.25. The van der Waals surface area contributed by atoms with Crippen LogP contribution in [0.2, 0.25) is 0 Å². The van der Waals surface area contributed by atoms with E-state index >= 15 is 0 Å². The minimum atomic E-state index is 0.806. The summed E-state index contributed by atoms with van der Waals surface area (Å²) in [4.78, 5) is 2.18. The Morgan fingerprint density at radius 1 is 1.26 bits per heavy atom. The van der Waals surface area contributed by atoms with E-state index in [1.807, 2.05) is 17.8 Å². The van der Waals surface area contributed by atoms with E-state index in [-0.39, 0.29) is 0 Å². The zero-order valence-electron chi connectivity index (χ0n) is 11.9. The molecule has 2 rings (SSSR count). The van der Waals surface area contributed by atoms with Crippen molar-refractivity contribution in [3.63, 3.8) is 0 Å². The maximum absolute atomic E-state index is 6.16. The van der Waals surface area contributed by atoms with Gasteiger partial charge in [0.25, 0.3) is 0 Å². The van der Waals surface area contributed by atoms with Crippen LogP contribution in [0.4, 0.5) is 11.5 Å².